The minimum absolute atomic E-state index is 0.0463. The number of aromatic nitrogens is 2. The van der Waals surface area contributed by atoms with Gasteiger partial charge in [0.15, 0.2) is 0 Å². The average Bonchev–Trinajstić information content (AvgIpc) is 2.92. The Morgan fingerprint density at radius 1 is 1.45 bits per heavy atom. The van der Waals surface area contributed by atoms with Gasteiger partial charge in [-0.15, -0.1) is 0 Å². The largest absolute Gasteiger partial charge is 0.367 e. The summed E-state index contributed by atoms with van der Waals surface area (Å²) in [5.74, 6) is 1.40. The molecule has 1 N–H and O–H groups in total. The Kier molecular flexibility index (Phi) is 5.94. The lowest BCUT2D eigenvalue weighted by molar-refractivity contribution is -0.0334. The maximum absolute atomic E-state index is 5.73. The van der Waals surface area contributed by atoms with Crippen molar-refractivity contribution in [2.75, 3.05) is 32.8 Å². The monoisotopic (exact) mass is 282 g/mol. The standard InChI is InChI=1S/C14H26N4O2/c1-4-18-8-9-19-12(10-18)14-16-13(20-17-14)6-5-7-15-11(2)3/h11-12,15H,4-10H2,1-3H3. The van der Waals surface area contributed by atoms with E-state index in [-0.39, 0.29) is 6.10 Å². The summed E-state index contributed by atoms with van der Waals surface area (Å²) in [6, 6.07) is 0.518. The Morgan fingerprint density at radius 2 is 2.30 bits per heavy atom. The SMILES string of the molecule is CCN1CCOC(c2noc(CCCNC(C)C)n2)C1. The number of hydrogen-bond donors (Lipinski definition) is 1. The molecule has 0 saturated carbocycles. The molecule has 20 heavy (non-hydrogen) atoms. The van der Waals surface area contributed by atoms with Gasteiger partial charge in [0, 0.05) is 25.6 Å². The zero-order valence-electron chi connectivity index (χ0n) is 12.8. The number of rotatable bonds is 7. The van der Waals surface area contributed by atoms with Crippen LogP contribution in [0.1, 0.15) is 45.0 Å². The second kappa shape index (κ2) is 7.71. The van der Waals surface area contributed by atoms with Crippen LogP contribution in [0.4, 0.5) is 0 Å². The predicted octanol–water partition coefficient (Wildman–Crippen LogP) is 1.39. The predicted molar refractivity (Wildman–Crippen MR) is 76.6 cm³/mol. The van der Waals surface area contributed by atoms with E-state index < -0.39 is 0 Å². The molecule has 2 heterocycles. The Balaban J connectivity index is 1.79. The van der Waals surface area contributed by atoms with E-state index in [0.29, 0.717) is 17.8 Å². The molecule has 1 saturated heterocycles. The molecule has 0 spiro atoms. The Bertz CT molecular complexity index is 394. The van der Waals surface area contributed by atoms with Gasteiger partial charge in [-0.2, -0.15) is 4.98 Å². The van der Waals surface area contributed by atoms with E-state index in [0.717, 1.165) is 45.6 Å². The van der Waals surface area contributed by atoms with Crippen LogP contribution >= 0.6 is 0 Å². The zero-order valence-corrected chi connectivity index (χ0v) is 12.8. The molecule has 0 aromatic carbocycles. The van der Waals surface area contributed by atoms with E-state index in [1.54, 1.807) is 0 Å². The zero-order chi connectivity index (χ0) is 14.4. The summed E-state index contributed by atoms with van der Waals surface area (Å²) in [7, 11) is 0. The molecular formula is C14H26N4O2. The van der Waals surface area contributed by atoms with Gasteiger partial charge in [-0.1, -0.05) is 25.9 Å². The fraction of sp³-hybridized carbons (Fsp3) is 0.857. The van der Waals surface area contributed by atoms with Crippen molar-refractivity contribution in [1.82, 2.24) is 20.4 Å². The van der Waals surface area contributed by atoms with Crippen molar-refractivity contribution >= 4 is 0 Å². The van der Waals surface area contributed by atoms with Gasteiger partial charge in [-0.25, -0.2) is 0 Å². The molecule has 6 heteroatoms. The molecular weight excluding hydrogens is 256 g/mol. The van der Waals surface area contributed by atoms with Crippen molar-refractivity contribution in [3.05, 3.63) is 11.7 Å². The van der Waals surface area contributed by atoms with Crippen LogP contribution in [0.3, 0.4) is 0 Å². The quantitative estimate of drug-likeness (QED) is 0.763. The summed E-state index contributed by atoms with van der Waals surface area (Å²) in [6.07, 6.45) is 1.78. The van der Waals surface area contributed by atoms with Gasteiger partial charge >= 0.3 is 0 Å². The van der Waals surface area contributed by atoms with E-state index in [4.69, 9.17) is 9.26 Å². The number of ether oxygens (including phenoxy) is 1. The summed E-state index contributed by atoms with van der Waals surface area (Å²) in [5.41, 5.74) is 0. The van der Waals surface area contributed by atoms with Crippen molar-refractivity contribution in [2.24, 2.45) is 0 Å². The van der Waals surface area contributed by atoms with E-state index in [9.17, 15) is 0 Å². The maximum Gasteiger partial charge on any atom is 0.226 e. The maximum atomic E-state index is 5.73. The van der Waals surface area contributed by atoms with E-state index in [2.05, 4.69) is 41.1 Å². The van der Waals surface area contributed by atoms with Crippen molar-refractivity contribution in [3.63, 3.8) is 0 Å². The first kappa shape index (κ1) is 15.4. The van der Waals surface area contributed by atoms with Gasteiger partial charge in [-0.3, -0.25) is 4.90 Å². The highest BCUT2D eigenvalue weighted by Gasteiger charge is 2.25. The first-order valence-corrected chi connectivity index (χ1v) is 7.59. The van der Waals surface area contributed by atoms with Gasteiger partial charge in [0.25, 0.3) is 0 Å². The molecule has 114 valence electrons. The molecule has 1 aliphatic heterocycles. The topological polar surface area (TPSA) is 63.4 Å². The van der Waals surface area contributed by atoms with Crippen LogP contribution in [0.5, 0.6) is 0 Å². The third kappa shape index (κ3) is 4.54. The fourth-order valence-corrected chi connectivity index (χ4v) is 2.28. The summed E-state index contributed by atoms with van der Waals surface area (Å²) in [5, 5.41) is 7.44. The van der Waals surface area contributed by atoms with Crippen molar-refractivity contribution in [1.29, 1.82) is 0 Å². The Hall–Kier alpha value is -0.980. The third-order valence-electron chi connectivity index (χ3n) is 3.49. The van der Waals surface area contributed by atoms with Gasteiger partial charge in [0.1, 0.15) is 6.10 Å². The number of hydrogen-bond acceptors (Lipinski definition) is 6. The minimum Gasteiger partial charge on any atom is -0.367 e. The van der Waals surface area contributed by atoms with Crippen molar-refractivity contribution in [3.8, 4) is 0 Å². The lowest BCUT2D eigenvalue weighted by atomic mass is 10.2. The summed E-state index contributed by atoms with van der Waals surface area (Å²) in [4.78, 5) is 6.81. The van der Waals surface area contributed by atoms with E-state index >= 15 is 0 Å². The van der Waals surface area contributed by atoms with Crippen molar-refractivity contribution < 1.29 is 9.26 Å². The highest BCUT2D eigenvalue weighted by molar-refractivity contribution is 4.94. The van der Waals surface area contributed by atoms with E-state index in [1.807, 2.05) is 0 Å². The van der Waals surface area contributed by atoms with Crippen LogP contribution in [-0.2, 0) is 11.2 Å². The van der Waals surface area contributed by atoms with Gasteiger partial charge in [0.2, 0.25) is 11.7 Å². The van der Waals surface area contributed by atoms with Crippen LogP contribution in [0.15, 0.2) is 4.52 Å². The van der Waals surface area contributed by atoms with Crippen LogP contribution in [0.2, 0.25) is 0 Å². The number of nitrogens with zero attached hydrogens (tertiary/aromatic N) is 3. The van der Waals surface area contributed by atoms with Crippen LogP contribution in [-0.4, -0.2) is 53.9 Å². The molecule has 1 fully saturated rings. The normalized spacial score (nSPS) is 20.7. The third-order valence-corrected chi connectivity index (χ3v) is 3.49. The summed E-state index contributed by atoms with van der Waals surface area (Å²) >= 11 is 0. The molecule has 1 aliphatic rings. The Morgan fingerprint density at radius 3 is 3.05 bits per heavy atom. The number of nitrogens with one attached hydrogen (secondary N) is 1. The Labute approximate surface area is 120 Å². The highest BCUT2D eigenvalue weighted by atomic mass is 16.5. The minimum atomic E-state index is -0.0463. The average molecular weight is 282 g/mol. The number of aryl methyl sites for hydroxylation is 1. The van der Waals surface area contributed by atoms with Gasteiger partial charge in [0.05, 0.1) is 6.61 Å². The highest BCUT2D eigenvalue weighted by Crippen LogP contribution is 2.19. The number of morpholine rings is 1. The second-order valence-corrected chi connectivity index (χ2v) is 5.51. The molecule has 1 aromatic heterocycles. The smallest absolute Gasteiger partial charge is 0.226 e. The molecule has 0 bridgehead atoms. The molecule has 1 aromatic rings. The second-order valence-electron chi connectivity index (χ2n) is 5.51. The lowest BCUT2D eigenvalue weighted by Gasteiger charge is -2.30. The molecule has 1 atom stereocenters. The molecule has 0 amide bonds. The fourth-order valence-electron chi connectivity index (χ4n) is 2.28. The van der Waals surface area contributed by atoms with E-state index in [1.165, 1.54) is 0 Å². The molecule has 1 unspecified atom stereocenters. The molecule has 0 radical (unpaired) electrons. The van der Waals surface area contributed by atoms with Crippen LogP contribution in [0.25, 0.3) is 0 Å². The number of likely N-dealkylation sites (N-methyl/N-ethyl adjacent to an activating group) is 1. The summed E-state index contributed by atoms with van der Waals surface area (Å²) in [6.45, 7) is 11.0. The lowest BCUT2D eigenvalue weighted by Crippen LogP contribution is -2.38. The molecule has 6 nitrogen and oxygen atoms in total. The summed E-state index contributed by atoms with van der Waals surface area (Å²) < 4.78 is 11.0. The van der Waals surface area contributed by atoms with Crippen LogP contribution < -0.4 is 5.32 Å². The van der Waals surface area contributed by atoms with Gasteiger partial charge < -0.3 is 14.6 Å². The first-order chi connectivity index (χ1) is 9.69. The molecule has 0 aliphatic carbocycles. The van der Waals surface area contributed by atoms with Crippen molar-refractivity contribution in [2.45, 2.75) is 45.8 Å². The molecule has 2 rings (SSSR count). The van der Waals surface area contributed by atoms with Crippen LogP contribution in [0, 0.1) is 0 Å². The van der Waals surface area contributed by atoms with Gasteiger partial charge in [-0.05, 0) is 19.5 Å². The first-order valence-electron chi connectivity index (χ1n) is 7.59.